The second-order valence-electron chi connectivity index (χ2n) is 7.85. The predicted molar refractivity (Wildman–Crippen MR) is 110 cm³/mol. The molecule has 146 valence electrons. The van der Waals surface area contributed by atoms with Crippen LogP contribution in [0.3, 0.4) is 0 Å². The van der Waals surface area contributed by atoms with Gasteiger partial charge >= 0.3 is 0 Å². The first-order valence-corrected chi connectivity index (χ1v) is 10.0. The molecular formula is C23H28N4O. The van der Waals surface area contributed by atoms with Crippen LogP contribution in [0.5, 0.6) is 0 Å². The molecule has 0 amide bonds. The number of aromatic nitrogens is 3. The Morgan fingerprint density at radius 3 is 2.39 bits per heavy atom. The lowest BCUT2D eigenvalue weighted by molar-refractivity contribution is -0.0784. The number of hydrogen-bond acceptors (Lipinski definition) is 4. The number of rotatable bonds is 5. The summed E-state index contributed by atoms with van der Waals surface area (Å²) in [5.74, 6) is 1.53. The Morgan fingerprint density at radius 2 is 1.71 bits per heavy atom. The van der Waals surface area contributed by atoms with Crippen LogP contribution in [0.1, 0.15) is 30.6 Å². The molecule has 5 nitrogen and oxygen atoms in total. The molecule has 0 unspecified atom stereocenters. The highest BCUT2D eigenvalue weighted by Gasteiger charge is 2.44. The van der Waals surface area contributed by atoms with E-state index in [-0.39, 0.29) is 5.92 Å². The van der Waals surface area contributed by atoms with E-state index in [1.165, 1.54) is 5.56 Å². The standard InChI is InChI=1S/C23H28N4O/c1-18-17-26(15-13-20-9-5-3-6-10-20)16-14-23(18,28)22-25-24-19(2)27(22)21-11-7-4-8-12-21/h3-12,18,28H,13-17H2,1-2H3/t18-,23-/m1/s1. The molecular weight excluding hydrogens is 348 g/mol. The van der Waals surface area contributed by atoms with Crippen LogP contribution in [-0.2, 0) is 12.0 Å². The first kappa shape index (κ1) is 18.8. The lowest BCUT2D eigenvalue weighted by Gasteiger charge is -2.42. The summed E-state index contributed by atoms with van der Waals surface area (Å²) in [6.07, 6.45) is 1.69. The Kier molecular flexibility index (Phi) is 5.29. The van der Waals surface area contributed by atoms with Crippen LogP contribution in [-0.4, -0.2) is 44.4 Å². The molecule has 0 spiro atoms. The fourth-order valence-corrected chi connectivity index (χ4v) is 4.20. The third kappa shape index (κ3) is 3.60. The van der Waals surface area contributed by atoms with Crippen molar-refractivity contribution in [3.8, 4) is 5.69 Å². The molecule has 1 aliphatic rings. The van der Waals surface area contributed by atoms with Crippen LogP contribution in [0.4, 0.5) is 0 Å². The van der Waals surface area contributed by atoms with Gasteiger partial charge in [-0.2, -0.15) is 0 Å². The van der Waals surface area contributed by atoms with Crippen LogP contribution in [0.25, 0.3) is 5.69 Å². The zero-order valence-corrected chi connectivity index (χ0v) is 16.6. The normalized spacial score (nSPS) is 23.0. The highest BCUT2D eigenvalue weighted by molar-refractivity contribution is 5.35. The molecule has 28 heavy (non-hydrogen) atoms. The highest BCUT2D eigenvalue weighted by Crippen LogP contribution is 2.37. The average Bonchev–Trinajstić information content (AvgIpc) is 3.12. The van der Waals surface area contributed by atoms with Gasteiger partial charge in [-0.05, 0) is 37.5 Å². The lowest BCUT2D eigenvalue weighted by Crippen LogP contribution is -2.50. The molecule has 1 aliphatic heterocycles. The lowest BCUT2D eigenvalue weighted by atomic mass is 9.81. The fourth-order valence-electron chi connectivity index (χ4n) is 4.20. The molecule has 0 radical (unpaired) electrons. The predicted octanol–water partition coefficient (Wildman–Crippen LogP) is 3.35. The highest BCUT2D eigenvalue weighted by atomic mass is 16.3. The van der Waals surface area contributed by atoms with Crippen molar-refractivity contribution >= 4 is 0 Å². The SMILES string of the molecule is Cc1nnc([C@@]2(O)CCN(CCc3ccccc3)C[C@H]2C)n1-c1ccccc1. The minimum atomic E-state index is -0.972. The van der Waals surface area contributed by atoms with Gasteiger partial charge in [0.25, 0.3) is 0 Å². The van der Waals surface area contributed by atoms with Crippen molar-refractivity contribution in [2.24, 2.45) is 5.92 Å². The Balaban J connectivity index is 1.51. The van der Waals surface area contributed by atoms with Gasteiger partial charge in [-0.25, -0.2) is 0 Å². The van der Waals surface area contributed by atoms with E-state index in [4.69, 9.17) is 0 Å². The van der Waals surface area contributed by atoms with E-state index in [1.807, 2.05) is 41.8 Å². The van der Waals surface area contributed by atoms with Gasteiger partial charge in [0.1, 0.15) is 11.4 Å². The molecule has 2 atom stereocenters. The number of piperidine rings is 1. The summed E-state index contributed by atoms with van der Waals surface area (Å²) >= 11 is 0. The third-order valence-corrected chi connectivity index (χ3v) is 5.94. The van der Waals surface area contributed by atoms with Gasteiger partial charge in [0, 0.05) is 31.2 Å². The van der Waals surface area contributed by atoms with E-state index in [0.29, 0.717) is 12.2 Å². The molecule has 0 saturated carbocycles. The summed E-state index contributed by atoms with van der Waals surface area (Å²) in [6.45, 7) is 6.77. The summed E-state index contributed by atoms with van der Waals surface area (Å²) in [5, 5.41) is 20.3. The van der Waals surface area contributed by atoms with Crippen molar-refractivity contribution in [1.29, 1.82) is 0 Å². The molecule has 4 rings (SSSR count). The number of benzene rings is 2. The molecule has 2 aromatic carbocycles. The van der Waals surface area contributed by atoms with Gasteiger partial charge in [-0.1, -0.05) is 55.5 Å². The second kappa shape index (κ2) is 7.86. The number of nitrogens with zero attached hydrogens (tertiary/aromatic N) is 4. The molecule has 0 bridgehead atoms. The van der Waals surface area contributed by atoms with Crippen LogP contribution in [0.2, 0.25) is 0 Å². The van der Waals surface area contributed by atoms with Crippen molar-refractivity contribution in [3.63, 3.8) is 0 Å². The van der Waals surface area contributed by atoms with Crippen LogP contribution >= 0.6 is 0 Å². The van der Waals surface area contributed by atoms with Crippen molar-refractivity contribution in [1.82, 2.24) is 19.7 Å². The van der Waals surface area contributed by atoms with Gasteiger partial charge in [-0.15, -0.1) is 10.2 Å². The van der Waals surface area contributed by atoms with Crippen molar-refractivity contribution in [3.05, 3.63) is 77.9 Å². The Morgan fingerprint density at radius 1 is 1.04 bits per heavy atom. The van der Waals surface area contributed by atoms with E-state index in [0.717, 1.165) is 37.6 Å². The van der Waals surface area contributed by atoms with Gasteiger partial charge in [0.15, 0.2) is 5.82 Å². The summed E-state index contributed by atoms with van der Waals surface area (Å²) in [4.78, 5) is 2.45. The average molecular weight is 377 g/mol. The number of aliphatic hydroxyl groups is 1. The van der Waals surface area contributed by atoms with Crippen molar-refractivity contribution < 1.29 is 5.11 Å². The summed E-state index contributed by atoms with van der Waals surface area (Å²) in [6, 6.07) is 20.6. The van der Waals surface area contributed by atoms with E-state index >= 15 is 0 Å². The van der Waals surface area contributed by atoms with Crippen molar-refractivity contribution in [2.45, 2.75) is 32.3 Å². The number of likely N-dealkylation sites (tertiary alicyclic amines) is 1. The van der Waals surface area contributed by atoms with E-state index in [9.17, 15) is 5.11 Å². The quantitative estimate of drug-likeness (QED) is 0.742. The molecule has 1 saturated heterocycles. The van der Waals surface area contributed by atoms with Crippen LogP contribution < -0.4 is 0 Å². The van der Waals surface area contributed by atoms with E-state index in [1.54, 1.807) is 0 Å². The summed E-state index contributed by atoms with van der Waals surface area (Å²) in [7, 11) is 0. The van der Waals surface area contributed by atoms with Gasteiger partial charge < -0.3 is 10.0 Å². The number of para-hydroxylation sites is 1. The molecule has 1 fully saturated rings. The smallest absolute Gasteiger partial charge is 0.170 e. The molecule has 1 N–H and O–H groups in total. The van der Waals surface area contributed by atoms with Crippen LogP contribution in [0, 0.1) is 12.8 Å². The maximum Gasteiger partial charge on any atom is 0.170 e. The molecule has 2 heterocycles. The minimum Gasteiger partial charge on any atom is -0.381 e. The van der Waals surface area contributed by atoms with E-state index in [2.05, 4.69) is 52.4 Å². The largest absolute Gasteiger partial charge is 0.381 e. The monoisotopic (exact) mass is 376 g/mol. The Labute approximate surface area is 166 Å². The van der Waals surface area contributed by atoms with Gasteiger partial charge in [0.2, 0.25) is 0 Å². The zero-order valence-electron chi connectivity index (χ0n) is 16.6. The Bertz CT molecular complexity index is 909. The molecule has 0 aliphatic carbocycles. The second-order valence-corrected chi connectivity index (χ2v) is 7.85. The topological polar surface area (TPSA) is 54.2 Å². The third-order valence-electron chi connectivity index (χ3n) is 5.94. The maximum atomic E-state index is 11.6. The van der Waals surface area contributed by atoms with Crippen LogP contribution in [0.15, 0.2) is 60.7 Å². The molecule has 5 heteroatoms. The van der Waals surface area contributed by atoms with Crippen molar-refractivity contribution in [2.75, 3.05) is 19.6 Å². The summed E-state index contributed by atoms with van der Waals surface area (Å²) in [5.41, 5.74) is 1.38. The number of hydrogen-bond donors (Lipinski definition) is 1. The Hall–Kier alpha value is -2.50. The molecule has 1 aromatic heterocycles. The maximum absolute atomic E-state index is 11.6. The van der Waals surface area contributed by atoms with Gasteiger partial charge in [0.05, 0.1) is 0 Å². The molecule has 3 aromatic rings. The van der Waals surface area contributed by atoms with Gasteiger partial charge in [-0.3, -0.25) is 4.57 Å². The first-order valence-electron chi connectivity index (χ1n) is 10.0. The summed E-state index contributed by atoms with van der Waals surface area (Å²) < 4.78 is 2.00. The zero-order chi connectivity index (χ0) is 19.6. The van der Waals surface area contributed by atoms with E-state index < -0.39 is 5.60 Å². The first-order chi connectivity index (χ1) is 13.6. The fraction of sp³-hybridized carbons (Fsp3) is 0.391. The number of aryl methyl sites for hydroxylation is 1. The minimum absolute atomic E-state index is 0.0723.